The lowest BCUT2D eigenvalue weighted by atomic mass is 10.1. The Kier molecular flexibility index (Phi) is 8.05. The summed E-state index contributed by atoms with van der Waals surface area (Å²) in [6, 6.07) is 12.7. The number of rotatable bonds is 9. The number of halogens is 2. The maximum atomic E-state index is 12.9. The Morgan fingerprint density at radius 1 is 1.08 bits per heavy atom. The third-order valence-electron chi connectivity index (χ3n) is 5.26. The van der Waals surface area contributed by atoms with Crippen molar-refractivity contribution in [2.45, 2.75) is 20.1 Å². The van der Waals surface area contributed by atoms with Crippen LogP contribution in [0.2, 0.25) is 10.0 Å². The second-order valence-electron chi connectivity index (χ2n) is 7.82. The Morgan fingerprint density at radius 2 is 1.84 bits per heavy atom. The number of carbonyl (C=O) groups excluding carboxylic acids is 3. The molecular formula is C26H22Cl2N2O7. The number of nitrogens with one attached hydrogen (secondary N) is 1. The molecule has 37 heavy (non-hydrogen) atoms. The van der Waals surface area contributed by atoms with Gasteiger partial charge in [-0.3, -0.25) is 9.69 Å². The molecule has 0 aliphatic carbocycles. The molecule has 0 unspecified atom stereocenters. The van der Waals surface area contributed by atoms with Crippen molar-refractivity contribution in [3.05, 3.63) is 86.9 Å². The topological polar surface area (TPSA) is 107 Å². The first-order chi connectivity index (χ1) is 17.8. The van der Waals surface area contributed by atoms with Crippen molar-refractivity contribution in [1.82, 2.24) is 10.2 Å². The summed E-state index contributed by atoms with van der Waals surface area (Å²) in [5.41, 5.74) is 1.45. The molecule has 0 spiro atoms. The van der Waals surface area contributed by atoms with Crippen molar-refractivity contribution in [2.24, 2.45) is 0 Å². The summed E-state index contributed by atoms with van der Waals surface area (Å²) in [5.74, 6) is -0.283. The number of benzene rings is 2. The van der Waals surface area contributed by atoms with Crippen molar-refractivity contribution >= 4 is 47.2 Å². The molecule has 9 nitrogen and oxygen atoms in total. The lowest BCUT2D eigenvalue weighted by molar-refractivity contribution is -0.123. The standard InChI is InChI=1S/C26H22Cl2N2O7/c1-3-35-22-12-16(10-19(28)23(22)36-14-15-4-6-17(27)7-5-15)11-20-24(31)30(26(33)29-20)13-18-8-9-21(37-18)25(32)34-2/h4-12H,3,13-14H2,1-2H3,(H,29,33)/b20-11-. The van der Waals surface area contributed by atoms with Gasteiger partial charge in [0.2, 0.25) is 5.76 Å². The van der Waals surface area contributed by atoms with Gasteiger partial charge in [-0.2, -0.15) is 0 Å². The molecule has 192 valence electrons. The number of carbonyl (C=O) groups is 3. The summed E-state index contributed by atoms with van der Waals surface area (Å²) in [4.78, 5) is 37.9. The summed E-state index contributed by atoms with van der Waals surface area (Å²) in [6.07, 6.45) is 1.49. The van der Waals surface area contributed by atoms with E-state index in [2.05, 4.69) is 10.1 Å². The van der Waals surface area contributed by atoms with Gasteiger partial charge in [-0.25, -0.2) is 9.59 Å². The summed E-state index contributed by atoms with van der Waals surface area (Å²) >= 11 is 12.4. The van der Waals surface area contributed by atoms with Crippen LogP contribution >= 0.6 is 23.2 Å². The lowest BCUT2D eigenvalue weighted by Crippen LogP contribution is -2.30. The predicted octanol–water partition coefficient (Wildman–Crippen LogP) is 5.44. The number of hydrogen-bond donors (Lipinski definition) is 1. The van der Waals surface area contributed by atoms with Gasteiger partial charge in [-0.15, -0.1) is 0 Å². The van der Waals surface area contributed by atoms with E-state index in [0.29, 0.717) is 28.7 Å². The zero-order valence-electron chi connectivity index (χ0n) is 19.9. The van der Waals surface area contributed by atoms with Crippen molar-refractivity contribution in [3.8, 4) is 11.5 Å². The first-order valence-corrected chi connectivity index (χ1v) is 11.9. The highest BCUT2D eigenvalue weighted by molar-refractivity contribution is 6.32. The number of amides is 3. The van der Waals surface area contributed by atoms with Crippen LogP contribution in [0.1, 0.15) is 34.4 Å². The van der Waals surface area contributed by atoms with Gasteiger partial charge in [0.15, 0.2) is 11.5 Å². The van der Waals surface area contributed by atoms with Crippen molar-refractivity contribution in [3.63, 3.8) is 0 Å². The first kappa shape index (κ1) is 26.1. The van der Waals surface area contributed by atoms with Gasteiger partial charge in [0, 0.05) is 5.02 Å². The minimum absolute atomic E-state index is 0.0308. The minimum atomic E-state index is -0.661. The van der Waals surface area contributed by atoms with Gasteiger partial charge in [-0.1, -0.05) is 35.3 Å². The van der Waals surface area contributed by atoms with Crippen LogP contribution < -0.4 is 14.8 Å². The average molecular weight is 545 g/mol. The number of nitrogens with zero attached hydrogens (tertiary/aromatic N) is 1. The molecular weight excluding hydrogens is 523 g/mol. The van der Waals surface area contributed by atoms with Crippen LogP contribution in [0.4, 0.5) is 4.79 Å². The van der Waals surface area contributed by atoms with E-state index in [-0.39, 0.29) is 35.4 Å². The first-order valence-electron chi connectivity index (χ1n) is 11.1. The summed E-state index contributed by atoms with van der Waals surface area (Å²) in [5, 5.41) is 3.43. The molecule has 3 aromatic rings. The van der Waals surface area contributed by atoms with E-state index < -0.39 is 17.9 Å². The minimum Gasteiger partial charge on any atom is -0.490 e. The zero-order valence-corrected chi connectivity index (χ0v) is 21.4. The van der Waals surface area contributed by atoms with Crippen LogP contribution in [-0.2, 0) is 22.7 Å². The van der Waals surface area contributed by atoms with E-state index in [4.69, 9.17) is 37.1 Å². The van der Waals surface area contributed by atoms with Gasteiger partial charge in [0.25, 0.3) is 5.91 Å². The van der Waals surface area contributed by atoms with Crippen LogP contribution in [0, 0.1) is 0 Å². The molecule has 0 bridgehead atoms. The molecule has 0 saturated carbocycles. The Morgan fingerprint density at radius 3 is 2.54 bits per heavy atom. The number of hydrogen-bond acceptors (Lipinski definition) is 7. The Hall–Kier alpha value is -3.95. The van der Waals surface area contributed by atoms with Crippen LogP contribution in [-0.4, -0.2) is 36.5 Å². The molecule has 2 aromatic carbocycles. The molecule has 4 rings (SSSR count). The molecule has 0 atom stereocenters. The van der Waals surface area contributed by atoms with Crippen molar-refractivity contribution in [1.29, 1.82) is 0 Å². The summed E-state index contributed by atoms with van der Waals surface area (Å²) in [7, 11) is 1.22. The molecule has 1 aliphatic heterocycles. The third kappa shape index (κ3) is 6.07. The maximum absolute atomic E-state index is 12.9. The molecule has 1 fully saturated rings. The number of ether oxygens (including phenoxy) is 3. The quantitative estimate of drug-likeness (QED) is 0.217. The maximum Gasteiger partial charge on any atom is 0.373 e. The van der Waals surface area contributed by atoms with Gasteiger partial charge in [0.1, 0.15) is 18.1 Å². The van der Waals surface area contributed by atoms with Crippen LogP contribution in [0.15, 0.2) is 58.6 Å². The molecule has 0 radical (unpaired) electrons. The molecule has 1 aliphatic rings. The predicted molar refractivity (Wildman–Crippen MR) is 136 cm³/mol. The molecule has 11 heteroatoms. The Bertz CT molecular complexity index is 1370. The second-order valence-corrected chi connectivity index (χ2v) is 8.66. The van der Waals surface area contributed by atoms with Crippen LogP contribution in [0.5, 0.6) is 11.5 Å². The molecule has 1 saturated heterocycles. The van der Waals surface area contributed by atoms with E-state index in [1.165, 1.54) is 25.3 Å². The van der Waals surface area contributed by atoms with Crippen LogP contribution in [0.25, 0.3) is 6.08 Å². The normalized spacial score (nSPS) is 14.2. The molecule has 1 aromatic heterocycles. The van der Waals surface area contributed by atoms with E-state index >= 15 is 0 Å². The molecule has 1 N–H and O–H groups in total. The Balaban J connectivity index is 1.52. The Labute approximate surface area is 222 Å². The fourth-order valence-electron chi connectivity index (χ4n) is 3.52. The number of methoxy groups -OCH3 is 1. The number of esters is 1. The van der Waals surface area contributed by atoms with Crippen LogP contribution in [0.3, 0.4) is 0 Å². The average Bonchev–Trinajstić information content (AvgIpc) is 3.45. The second kappa shape index (κ2) is 11.4. The molecule has 2 heterocycles. The van der Waals surface area contributed by atoms with E-state index in [1.54, 1.807) is 24.3 Å². The highest BCUT2D eigenvalue weighted by Crippen LogP contribution is 2.38. The van der Waals surface area contributed by atoms with Gasteiger partial charge < -0.3 is 23.9 Å². The number of furan rings is 1. The van der Waals surface area contributed by atoms with E-state index in [0.717, 1.165) is 10.5 Å². The SMILES string of the molecule is CCOc1cc(/C=C2\NC(=O)N(Cc3ccc(C(=O)OC)o3)C2=O)cc(Cl)c1OCc1ccc(Cl)cc1. The summed E-state index contributed by atoms with van der Waals surface area (Å²) in [6.45, 7) is 2.25. The fourth-order valence-corrected chi connectivity index (χ4v) is 3.92. The monoisotopic (exact) mass is 544 g/mol. The third-order valence-corrected chi connectivity index (χ3v) is 5.80. The summed E-state index contributed by atoms with van der Waals surface area (Å²) < 4.78 is 21.6. The van der Waals surface area contributed by atoms with Crippen molar-refractivity contribution < 1.29 is 33.0 Å². The van der Waals surface area contributed by atoms with E-state index in [1.807, 2.05) is 19.1 Å². The zero-order chi connectivity index (χ0) is 26.5. The van der Waals surface area contributed by atoms with E-state index in [9.17, 15) is 14.4 Å². The van der Waals surface area contributed by atoms with Gasteiger partial charge in [-0.05, 0) is 60.5 Å². The number of urea groups is 1. The lowest BCUT2D eigenvalue weighted by Gasteiger charge is -2.15. The smallest absolute Gasteiger partial charge is 0.373 e. The number of imide groups is 1. The largest absolute Gasteiger partial charge is 0.490 e. The van der Waals surface area contributed by atoms with Crippen molar-refractivity contribution in [2.75, 3.05) is 13.7 Å². The molecule has 3 amide bonds. The highest BCUT2D eigenvalue weighted by Gasteiger charge is 2.34. The fraction of sp³-hybridized carbons (Fsp3) is 0.192. The van der Waals surface area contributed by atoms with Gasteiger partial charge >= 0.3 is 12.0 Å². The van der Waals surface area contributed by atoms with Gasteiger partial charge in [0.05, 0.1) is 25.3 Å². The highest BCUT2D eigenvalue weighted by atomic mass is 35.5.